The molecule has 2 rings (SSSR count). The minimum Gasteiger partial charge on any atom is -0.302 e. The van der Waals surface area contributed by atoms with Gasteiger partial charge in [0.05, 0.1) is 4.90 Å². The predicted molar refractivity (Wildman–Crippen MR) is 61.9 cm³/mol. The van der Waals surface area contributed by atoms with Crippen LogP contribution in [0.1, 0.15) is 11.1 Å². The van der Waals surface area contributed by atoms with Crippen molar-refractivity contribution in [3.8, 4) is 0 Å². The maximum atomic E-state index is 11.6. The van der Waals surface area contributed by atoms with Gasteiger partial charge in [0, 0.05) is 13.1 Å². The molecule has 1 unspecified atom stereocenters. The molecular weight excluding hydrogens is 208 g/mol. The van der Waals surface area contributed by atoms with Gasteiger partial charge in [-0.25, -0.2) is 8.93 Å². The Balaban J connectivity index is 2.32. The molecule has 4 heteroatoms. The number of benzene rings is 1. The Kier molecular flexibility index (Phi) is 3.19. The number of nitrogens with zero attached hydrogens (tertiary/aromatic N) is 1. The quantitative estimate of drug-likeness (QED) is 0.810. The van der Waals surface area contributed by atoms with E-state index in [4.69, 9.17) is 0 Å². The summed E-state index contributed by atoms with van der Waals surface area (Å²) in [5, 5.41) is 0. The zero-order chi connectivity index (χ0) is 10.8. The fraction of sp³-hybridized carbons (Fsp3) is 0.455. The Labute approximate surface area is 93.1 Å². The predicted octanol–water partition coefficient (Wildman–Crippen LogP) is 0.916. The second-order valence-electron chi connectivity index (χ2n) is 3.89. The molecule has 0 amide bonds. The van der Waals surface area contributed by atoms with Gasteiger partial charge in [-0.15, -0.1) is 0 Å². The van der Waals surface area contributed by atoms with Crippen LogP contribution < -0.4 is 4.72 Å². The highest BCUT2D eigenvalue weighted by atomic mass is 32.2. The molecule has 15 heavy (non-hydrogen) atoms. The lowest BCUT2D eigenvalue weighted by Crippen LogP contribution is -2.26. The number of fused-ring (bicyclic) bond motifs is 1. The summed E-state index contributed by atoms with van der Waals surface area (Å²) in [5.74, 6) is 0. The van der Waals surface area contributed by atoms with Crippen molar-refractivity contribution < 1.29 is 4.21 Å². The zero-order valence-electron chi connectivity index (χ0n) is 9.12. The van der Waals surface area contributed by atoms with Crippen LogP contribution >= 0.6 is 0 Å². The van der Waals surface area contributed by atoms with Crippen molar-refractivity contribution in [1.82, 2.24) is 9.62 Å². The number of rotatable bonds is 2. The van der Waals surface area contributed by atoms with Gasteiger partial charge in [0.25, 0.3) is 0 Å². The first kappa shape index (κ1) is 10.8. The first-order chi connectivity index (χ1) is 7.20. The van der Waals surface area contributed by atoms with Gasteiger partial charge >= 0.3 is 0 Å². The van der Waals surface area contributed by atoms with E-state index in [9.17, 15) is 4.21 Å². The summed E-state index contributed by atoms with van der Waals surface area (Å²) in [6, 6.07) is 6.11. The molecule has 1 N–H and O–H groups in total. The molecule has 1 atom stereocenters. The molecule has 0 radical (unpaired) electrons. The van der Waals surface area contributed by atoms with Gasteiger partial charge in [0.1, 0.15) is 11.0 Å². The summed E-state index contributed by atoms with van der Waals surface area (Å²) in [4.78, 5) is 3.15. The maximum absolute atomic E-state index is 11.6. The molecule has 0 saturated heterocycles. The van der Waals surface area contributed by atoms with E-state index in [2.05, 4.69) is 28.8 Å². The van der Waals surface area contributed by atoms with Gasteiger partial charge in [-0.3, -0.25) is 0 Å². The van der Waals surface area contributed by atoms with Gasteiger partial charge in [0.2, 0.25) is 0 Å². The van der Waals surface area contributed by atoms with Crippen LogP contribution in [0.25, 0.3) is 0 Å². The van der Waals surface area contributed by atoms with Crippen LogP contribution in [-0.4, -0.2) is 29.7 Å². The molecule has 3 nitrogen and oxygen atoms in total. The fourth-order valence-electron chi connectivity index (χ4n) is 1.91. The normalized spacial score (nSPS) is 18.5. The first-order valence-corrected chi connectivity index (χ1v) is 6.25. The molecular formula is C11H16N2OS. The third-order valence-corrected chi connectivity index (χ3v) is 3.83. The van der Waals surface area contributed by atoms with Crippen LogP contribution in [0.3, 0.4) is 0 Å². The van der Waals surface area contributed by atoms with E-state index in [0.29, 0.717) is 0 Å². The summed E-state index contributed by atoms with van der Waals surface area (Å²) in [5.41, 5.74) is 2.70. The largest absolute Gasteiger partial charge is 0.302 e. The summed E-state index contributed by atoms with van der Waals surface area (Å²) in [7, 11) is 2.76. The summed E-state index contributed by atoms with van der Waals surface area (Å²) < 4.78 is 14.3. The number of likely N-dealkylation sites (N-methyl/N-ethyl adjacent to an activating group) is 1. The number of nitrogens with one attached hydrogen (secondary N) is 1. The van der Waals surface area contributed by atoms with Crippen molar-refractivity contribution >= 4 is 11.0 Å². The summed E-state index contributed by atoms with van der Waals surface area (Å²) >= 11 is 0. The molecule has 0 spiro atoms. The Morgan fingerprint density at radius 1 is 1.40 bits per heavy atom. The lowest BCUT2D eigenvalue weighted by Gasteiger charge is -2.25. The standard InChI is InChI=1S/C11H16N2OS/c1-12-15(14)11-4-3-9-5-6-13(2)8-10(9)7-11/h3-4,7,12H,5-6,8H2,1-2H3. The smallest absolute Gasteiger partial charge is 0.124 e. The Bertz CT molecular complexity index is 392. The highest BCUT2D eigenvalue weighted by Gasteiger charge is 2.14. The average molecular weight is 224 g/mol. The van der Waals surface area contributed by atoms with E-state index < -0.39 is 11.0 Å². The summed E-state index contributed by atoms with van der Waals surface area (Å²) in [6.45, 7) is 2.07. The van der Waals surface area contributed by atoms with E-state index in [1.165, 1.54) is 11.1 Å². The zero-order valence-corrected chi connectivity index (χ0v) is 9.93. The Morgan fingerprint density at radius 3 is 2.93 bits per heavy atom. The monoisotopic (exact) mass is 224 g/mol. The highest BCUT2D eigenvalue weighted by molar-refractivity contribution is 7.83. The summed E-state index contributed by atoms with van der Waals surface area (Å²) in [6.07, 6.45) is 1.10. The van der Waals surface area contributed by atoms with Gasteiger partial charge < -0.3 is 4.90 Å². The van der Waals surface area contributed by atoms with E-state index in [1.54, 1.807) is 7.05 Å². The molecule has 1 aliphatic heterocycles. The van der Waals surface area contributed by atoms with E-state index >= 15 is 0 Å². The molecule has 0 aliphatic carbocycles. The molecule has 1 aliphatic rings. The van der Waals surface area contributed by atoms with E-state index in [0.717, 1.165) is 24.4 Å². The minimum absolute atomic E-state index is 0.867. The van der Waals surface area contributed by atoms with Gasteiger partial charge in [-0.05, 0) is 43.8 Å². The molecule has 1 heterocycles. The molecule has 0 fully saturated rings. The second kappa shape index (κ2) is 4.43. The van der Waals surface area contributed by atoms with Gasteiger partial charge in [0.15, 0.2) is 0 Å². The van der Waals surface area contributed by atoms with Crippen molar-refractivity contribution in [1.29, 1.82) is 0 Å². The van der Waals surface area contributed by atoms with Crippen LogP contribution in [0, 0.1) is 0 Å². The minimum atomic E-state index is -1.07. The van der Waals surface area contributed by atoms with E-state index in [1.807, 2.05) is 6.07 Å². The first-order valence-electron chi connectivity index (χ1n) is 5.10. The Hall–Kier alpha value is -0.710. The lowest BCUT2D eigenvalue weighted by atomic mass is 10.0. The molecule has 1 aromatic rings. The van der Waals surface area contributed by atoms with Crippen molar-refractivity contribution in [3.63, 3.8) is 0 Å². The van der Waals surface area contributed by atoms with Crippen LogP contribution in [-0.2, 0) is 24.0 Å². The maximum Gasteiger partial charge on any atom is 0.124 e. The van der Waals surface area contributed by atoms with Crippen molar-refractivity contribution in [2.75, 3.05) is 20.6 Å². The van der Waals surface area contributed by atoms with Crippen molar-refractivity contribution in [2.45, 2.75) is 17.9 Å². The highest BCUT2D eigenvalue weighted by Crippen LogP contribution is 2.20. The third-order valence-electron chi connectivity index (χ3n) is 2.78. The number of hydrogen-bond acceptors (Lipinski definition) is 2. The topological polar surface area (TPSA) is 32.3 Å². The molecule has 0 saturated carbocycles. The third kappa shape index (κ3) is 2.27. The van der Waals surface area contributed by atoms with Crippen LogP contribution in [0.5, 0.6) is 0 Å². The van der Waals surface area contributed by atoms with Gasteiger partial charge in [-0.1, -0.05) is 6.07 Å². The molecule has 0 bridgehead atoms. The second-order valence-corrected chi connectivity index (χ2v) is 5.31. The van der Waals surface area contributed by atoms with Crippen LogP contribution in [0.4, 0.5) is 0 Å². The molecule has 1 aromatic carbocycles. The number of hydrogen-bond donors (Lipinski definition) is 1. The SMILES string of the molecule is CNS(=O)c1ccc2c(c1)CN(C)CC2. The van der Waals surface area contributed by atoms with E-state index in [-0.39, 0.29) is 0 Å². The Morgan fingerprint density at radius 2 is 2.20 bits per heavy atom. The van der Waals surface area contributed by atoms with Crippen molar-refractivity contribution in [3.05, 3.63) is 29.3 Å². The average Bonchev–Trinajstić information content (AvgIpc) is 2.27. The van der Waals surface area contributed by atoms with Crippen LogP contribution in [0.2, 0.25) is 0 Å². The lowest BCUT2D eigenvalue weighted by molar-refractivity contribution is 0.312. The molecule has 82 valence electrons. The molecule has 0 aromatic heterocycles. The van der Waals surface area contributed by atoms with Gasteiger partial charge in [-0.2, -0.15) is 0 Å². The van der Waals surface area contributed by atoms with Crippen LogP contribution in [0.15, 0.2) is 23.1 Å². The van der Waals surface area contributed by atoms with Crippen molar-refractivity contribution in [2.24, 2.45) is 0 Å². The fourth-order valence-corrected chi connectivity index (χ4v) is 2.58.